The van der Waals surface area contributed by atoms with E-state index < -0.39 is 0 Å². The van der Waals surface area contributed by atoms with Crippen LogP contribution in [0.15, 0.2) is 42.5 Å². The van der Waals surface area contributed by atoms with Gasteiger partial charge in [0.2, 0.25) is 0 Å². The van der Waals surface area contributed by atoms with E-state index in [2.05, 4.69) is 0 Å². The van der Waals surface area contributed by atoms with Gasteiger partial charge in [-0.2, -0.15) is 0 Å². The first kappa shape index (κ1) is 13.9. The number of hydrogen-bond acceptors (Lipinski definition) is 2. The van der Waals surface area contributed by atoms with Crippen molar-refractivity contribution in [3.8, 4) is 5.75 Å². The zero-order chi connectivity index (χ0) is 13.8. The average Bonchev–Trinajstić information content (AvgIpc) is 2.40. The minimum absolute atomic E-state index is 0.0264. The maximum Gasteiger partial charge on any atom is 0.200 e. The molecule has 0 N–H and O–H groups in total. The van der Waals surface area contributed by atoms with E-state index in [0.717, 1.165) is 5.56 Å². The van der Waals surface area contributed by atoms with Gasteiger partial charge in [-0.05, 0) is 25.1 Å². The molecular weight excluding hydrogens is 283 g/mol. The van der Waals surface area contributed by atoms with E-state index >= 15 is 0 Å². The third-order valence-electron chi connectivity index (χ3n) is 2.60. The van der Waals surface area contributed by atoms with Crippen molar-refractivity contribution in [2.24, 2.45) is 0 Å². The molecule has 19 heavy (non-hydrogen) atoms. The van der Waals surface area contributed by atoms with Crippen molar-refractivity contribution in [2.75, 3.05) is 6.61 Å². The van der Waals surface area contributed by atoms with Crippen molar-refractivity contribution < 1.29 is 9.53 Å². The van der Waals surface area contributed by atoms with Crippen LogP contribution in [-0.4, -0.2) is 12.4 Å². The molecule has 2 rings (SSSR count). The van der Waals surface area contributed by atoms with Gasteiger partial charge in [-0.25, -0.2) is 0 Å². The first-order chi connectivity index (χ1) is 9.06. The van der Waals surface area contributed by atoms with E-state index in [-0.39, 0.29) is 12.4 Å². The minimum Gasteiger partial charge on any atom is -0.485 e. The molecule has 0 aliphatic heterocycles. The normalized spacial score (nSPS) is 10.3. The lowest BCUT2D eigenvalue weighted by Crippen LogP contribution is -2.11. The van der Waals surface area contributed by atoms with Crippen molar-refractivity contribution in [2.45, 2.75) is 6.92 Å². The molecule has 0 bridgehead atoms. The van der Waals surface area contributed by atoms with Crippen LogP contribution in [0.4, 0.5) is 0 Å². The van der Waals surface area contributed by atoms with Gasteiger partial charge < -0.3 is 4.74 Å². The van der Waals surface area contributed by atoms with E-state index in [1.807, 2.05) is 25.1 Å². The number of ether oxygens (including phenoxy) is 1. The standard InChI is InChI=1S/C15H12Cl2O2/c1-10-3-2-4-11(7-10)15(18)9-19-12-5-6-13(16)14(17)8-12/h2-8H,9H2,1H3. The van der Waals surface area contributed by atoms with E-state index in [0.29, 0.717) is 21.4 Å². The van der Waals surface area contributed by atoms with Gasteiger partial charge >= 0.3 is 0 Å². The SMILES string of the molecule is Cc1cccc(C(=O)COc2ccc(Cl)c(Cl)c2)c1. The molecule has 2 aromatic rings. The van der Waals surface area contributed by atoms with Gasteiger partial charge in [-0.1, -0.05) is 47.0 Å². The molecule has 0 amide bonds. The zero-order valence-corrected chi connectivity index (χ0v) is 11.8. The van der Waals surface area contributed by atoms with E-state index in [1.54, 1.807) is 24.3 Å². The minimum atomic E-state index is -0.0743. The zero-order valence-electron chi connectivity index (χ0n) is 10.3. The summed E-state index contributed by atoms with van der Waals surface area (Å²) in [5.41, 5.74) is 1.68. The fourth-order valence-electron chi connectivity index (χ4n) is 1.62. The van der Waals surface area contributed by atoms with Crippen LogP contribution >= 0.6 is 23.2 Å². The average molecular weight is 295 g/mol. The van der Waals surface area contributed by atoms with Gasteiger partial charge in [0.15, 0.2) is 12.4 Å². The Hall–Kier alpha value is -1.51. The number of carbonyl (C=O) groups is 1. The van der Waals surface area contributed by atoms with Crippen LogP contribution in [-0.2, 0) is 0 Å². The first-order valence-electron chi connectivity index (χ1n) is 5.74. The summed E-state index contributed by atoms with van der Waals surface area (Å²) in [6.07, 6.45) is 0. The highest BCUT2D eigenvalue weighted by Crippen LogP contribution is 2.26. The second-order valence-corrected chi connectivity index (χ2v) is 4.97. The fraction of sp³-hybridized carbons (Fsp3) is 0.133. The number of benzene rings is 2. The fourth-order valence-corrected chi connectivity index (χ4v) is 1.91. The van der Waals surface area contributed by atoms with Crippen LogP contribution in [0.2, 0.25) is 10.0 Å². The molecule has 0 aliphatic carbocycles. The molecule has 0 spiro atoms. The van der Waals surface area contributed by atoms with Crippen LogP contribution in [0.25, 0.3) is 0 Å². The summed E-state index contributed by atoms with van der Waals surface area (Å²) in [5, 5.41) is 0.862. The van der Waals surface area contributed by atoms with E-state index in [4.69, 9.17) is 27.9 Å². The molecule has 0 atom stereocenters. The smallest absolute Gasteiger partial charge is 0.200 e. The highest BCUT2D eigenvalue weighted by atomic mass is 35.5. The molecule has 0 radical (unpaired) electrons. The Kier molecular flexibility index (Phi) is 4.46. The second-order valence-electron chi connectivity index (χ2n) is 4.16. The van der Waals surface area contributed by atoms with Crippen molar-refractivity contribution in [1.29, 1.82) is 0 Å². The van der Waals surface area contributed by atoms with Gasteiger partial charge in [0.25, 0.3) is 0 Å². The summed E-state index contributed by atoms with van der Waals surface area (Å²) < 4.78 is 5.41. The van der Waals surface area contributed by atoms with E-state index in [1.165, 1.54) is 0 Å². The summed E-state index contributed by atoms with van der Waals surface area (Å²) in [5.74, 6) is 0.449. The Morgan fingerprint density at radius 2 is 1.89 bits per heavy atom. The Morgan fingerprint density at radius 3 is 2.58 bits per heavy atom. The van der Waals surface area contributed by atoms with Crippen molar-refractivity contribution in [1.82, 2.24) is 0 Å². The number of halogens is 2. The molecule has 0 aliphatic rings. The molecule has 98 valence electrons. The number of Topliss-reactive ketones (excluding diaryl/α,β-unsaturated/α-hetero) is 1. The molecular formula is C15H12Cl2O2. The third kappa shape index (κ3) is 3.72. The molecule has 0 saturated heterocycles. The van der Waals surface area contributed by atoms with Gasteiger partial charge in [-0.15, -0.1) is 0 Å². The van der Waals surface area contributed by atoms with Gasteiger partial charge in [0.05, 0.1) is 10.0 Å². The first-order valence-corrected chi connectivity index (χ1v) is 6.49. The summed E-state index contributed by atoms with van der Waals surface area (Å²) >= 11 is 11.7. The summed E-state index contributed by atoms with van der Waals surface area (Å²) in [6, 6.07) is 12.3. The lowest BCUT2D eigenvalue weighted by molar-refractivity contribution is 0.0921. The van der Waals surface area contributed by atoms with Crippen LogP contribution < -0.4 is 4.74 Å². The van der Waals surface area contributed by atoms with E-state index in [9.17, 15) is 4.79 Å². The molecule has 2 aromatic carbocycles. The Labute approximate surface area is 121 Å². The molecule has 0 unspecified atom stereocenters. The Morgan fingerprint density at radius 1 is 1.11 bits per heavy atom. The molecule has 0 heterocycles. The summed E-state index contributed by atoms with van der Waals surface area (Å²) in [4.78, 5) is 11.9. The van der Waals surface area contributed by atoms with Crippen molar-refractivity contribution in [3.63, 3.8) is 0 Å². The predicted octanol–water partition coefficient (Wildman–Crippen LogP) is 4.56. The molecule has 4 heteroatoms. The van der Waals surface area contributed by atoms with Crippen LogP contribution in [0, 0.1) is 6.92 Å². The van der Waals surface area contributed by atoms with Gasteiger partial charge in [0, 0.05) is 11.6 Å². The Bertz CT molecular complexity index is 609. The molecule has 2 nitrogen and oxygen atoms in total. The van der Waals surface area contributed by atoms with Crippen molar-refractivity contribution in [3.05, 3.63) is 63.6 Å². The van der Waals surface area contributed by atoms with Gasteiger partial charge in [0.1, 0.15) is 5.75 Å². The summed E-state index contributed by atoms with van der Waals surface area (Å²) in [6.45, 7) is 1.91. The number of carbonyl (C=O) groups excluding carboxylic acids is 1. The Balaban J connectivity index is 2.02. The lowest BCUT2D eigenvalue weighted by atomic mass is 10.1. The summed E-state index contributed by atoms with van der Waals surface area (Å²) in [7, 11) is 0. The maximum atomic E-state index is 11.9. The topological polar surface area (TPSA) is 26.3 Å². The molecule has 0 fully saturated rings. The monoisotopic (exact) mass is 294 g/mol. The third-order valence-corrected chi connectivity index (χ3v) is 3.34. The quantitative estimate of drug-likeness (QED) is 0.773. The maximum absolute atomic E-state index is 11.9. The van der Waals surface area contributed by atoms with Crippen molar-refractivity contribution >= 4 is 29.0 Å². The largest absolute Gasteiger partial charge is 0.485 e. The lowest BCUT2D eigenvalue weighted by Gasteiger charge is -2.07. The molecule has 0 saturated carbocycles. The van der Waals surface area contributed by atoms with Crippen LogP contribution in [0.5, 0.6) is 5.75 Å². The highest BCUT2D eigenvalue weighted by molar-refractivity contribution is 6.42. The van der Waals surface area contributed by atoms with Crippen LogP contribution in [0.1, 0.15) is 15.9 Å². The molecule has 0 aromatic heterocycles. The number of hydrogen-bond donors (Lipinski definition) is 0. The predicted molar refractivity (Wildman–Crippen MR) is 77.5 cm³/mol. The number of aryl methyl sites for hydroxylation is 1. The highest BCUT2D eigenvalue weighted by Gasteiger charge is 2.07. The van der Waals surface area contributed by atoms with Gasteiger partial charge in [-0.3, -0.25) is 4.79 Å². The number of rotatable bonds is 4. The second kappa shape index (κ2) is 6.09. The number of ketones is 1. The van der Waals surface area contributed by atoms with Crippen LogP contribution in [0.3, 0.4) is 0 Å².